The van der Waals surface area contributed by atoms with E-state index < -0.39 is 17.2 Å². The fourth-order valence-electron chi connectivity index (χ4n) is 2.43. The van der Waals surface area contributed by atoms with E-state index in [-0.39, 0.29) is 30.3 Å². The van der Waals surface area contributed by atoms with Gasteiger partial charge in [0.2, 0.25) is 0 Å². The third kappa shape index (κ3) is 5.92. The third-order valence-electron chi connectivity index (χ3n) is 4.35. The zero-order valence-corrected chi connectivity index (χ0v) is 16.9. The Kier molecular flexibility index (Phi) is 7.55. The summed E-state index contributed by atoms with van der Waals surface area (Å²) >= 11 is 0. The number of rotatable bonds is 10. The van der Waals surface area contributed by atoms with Crippen molar-refractivity contribution in [3.05, 3.63) is 48.3 Å². The summed E-state index contributed by atoms with van der Waals surface area (Å²) in [6.45, 7) is 5.10. The van der Waals surface area contributed by atoms with Crippen LogP contribution in [0.1, 0.15) is 31.3 Å². The number of carbonyl (C=O) groups excluding carboxylic acids is 2. The molecule has 29 heavy (non-hydrogen) atoms. The van der Waals surface area contributed by atoms with Crippen molar-refractivity contribution in [1.29, 1.82) is 0 Å². The molecular weight excluding hydrogens is 376 g/mol. The molecule has 0 radical (unpaired) electrons. The van der Waals surface area contributed by atoms with Crippen LogP contribution in [0.2, 0.25) is 0 Å². The van der Waals surface area contributed by atoms with Crippen molar-refractivity contribution in [2.24, 2.45) is 0 Å². The number of aromatic nitrogens is 1. The number of hydrogen-bond donors (Lipinski definition) is 2. The lowest BCUT2D eigenvalue weighted by atomic mass is 10.1. The average Bonchev–Trinajstić information content (AvgIpc) is 2.72. The van der Waals surface area contributed by atoms with Crippen LogP contribution in [0.4, 0.5) is 0 Å². The van der Waals surface area contributed by atoms with Crippen molar-refractivity contribution in [1.82, 2.24) is 10.3 Å². The first-order valence-electron chi connectivity index (χ1n) is 9.13. The number of nitrogens with one attached hydrogen (secondary N) is 1. The molecule has 2 aromatic rings. The van der Waals surface area contributed by atoms with Crippen LogP contribution in [0.15, 0.2) is 42.6 Å². The topological polar surface area (TPSA) is 107 Å². The molecule has 0 saturated carbocycles. The predicted molar refractivity (Wildman–Crippen MR) is 106 cm³/mol. The van der Waals surface area contributed by atoms with Gasteiger partial charge in [0.05, 0.1) is 19.8 Å². The van der Waals surface area contributed by atoms with E-state index in [0.29, 0.717) is 12.0 Å². The molecule has 1 amide bonds. The summed E-state index contributed by atoms with van der Waals surface area (Å²) in [4.78, 5) is 28.0. The first kappa shape index (κ1) is 22.2. The molecule has 1 heterocycles. The summed E-state index contributed by atoms with van der Waals surface area (Å²) in [6, 6.07) is 10.7. The second-order valence-corrected chi connectivity index (χ2v) is 6.85. The number of para-hydroxylation sites is 1. The minimum absolute atomic E-state index is 0.0867. The van der Waals surface area contributed by atoms with Gasteiger partial charge in [-0.1, -0.05) is 18.2 Å². The SMILES string of the molecule is COc1ccnc(C(=O)N[C@](C)(C=O)CO[C@@H](C)[C@H](C)Oc2ccccc2)c1O. The Bertz CT molecular complexity index is 829. The fourth-order valence-corrected chi connectivity index (χ4v) is 2.43. The van der Waals surface area contributed by atoms with Crippen LogP contribution < -0.4 is 14.8 Å². The Morgan fingerprint density at radius 3 is 2.55 bits per heavy atom. The smallest absolute Gasteiger partial charge is 0.274 e. The van der Waals surface area contributed by atoms with Crippen LogP contribution in [0.3, 0.4) is 0 Å². The van der Waals surface area contributed by atoms with E-state index in [1.807, 2.05) is 44.2 Å². The molecule has 8 nitrogen and oxygen atoms in total. The van der Waals surface area contributed by atoms with Crippen molar-refractivity contribution >= 4 is 12.2 Å². The Hall–Kier alpha value is -3.13. The van der Waals surface area contributed by atoms with Gasteiger partial charge in [-0.25, -0.2) is 4.98 Å². The average molecular weight is 402 g/mol. The second-order valence-electron chi connectivity index (χ2n) is 6.85. The summed E-state index contributed by atoms with van der Waals surface area (Å²) in [5.41, 5.74) is -1.57. The maximum Gasteiger partial charge on any atom is 0.274 e. The standard InChI is InChI=1S/C21H26N2O6/c1-14(15(2)29-16-8-6-5-7-9-16)28-13-21(3,12-24)23-20(26)18-19(25)17(27-4)10-11-22-18/h5-12,14-15,25H,13H2,1-4H3,(H,23,26)/t14-,15-,21+/m0/s1. The maximum absolute atomic E-state index is 12.5. The molecule has 1 aromatic carbocycles. The number of hydrogen-bond acceptors (Lipinski definition) is 7. The zero-order chi connectivity index (χ0) is 21.4. The number of nitrogens with zero attached hydrogens (tertiary/aromatic N) is 1. The fraction of sp³-hybridized carbons (Fsp3) is 0.381. The number of carbonyl (C=O) groups is 2. The normalized spacial score (nSPS) is 14.9. The first-order chi connectivity index (χ1) is 13.8. The lowest BCUT2D eigenvalue weighted by molar-refractivity contribution is -0.116. The van der Waals surface area contributed by atoms with Crippen LogP contribution in [-0.4, -0.2) is 53.7 Å². The van der Waals surface area contributed by atoms with E-state index in [1.165, 1.54) is 26.3 Å². The number of ether oxygens (including phenoxy) is 3. The molecule has 2 N–H and O–H groups in total. The largest absolute Gasteiger partial charge is 0.503 e. The molecule has 0 unspecified atom stereocenters. The molecule has 8 heteroatoms. The molecule has 1 aromatic heterocycles. The van der Waals surface area contributed by atoms with Gasteiger partial charge >= 0.3 is 0 Å². The predicted octanol–water partition coefficient (Wildman–Crippen LogP) is 2.36. The van der Waals surface area contributed by atoms with E-state index in [4.69, 9.17) is 14.2 Å². The van der Waals surface area contributed by atoms with Gasteiger partial charge in [-0.05, 0) is 32.9 Å². The van der Waals surface area contributed by atoms with Gasteiger partial charge in [-0.2, -0.15) is 0 Å². The lowest BCUT2D eigenvalue weighted by Crippen LogP contribution is -2.52. The lowest BCUT2D eigenvalue weighted by Gasteiger charge is -2.28. The third-order valence-corrected chi connectivity index (χ3v) is 4.35. The molecule has 0 saturated heterocycles. The Balaban J connectivity index is 1.98. The van der Waals surface area contributed by atoms with Crippen LogP contribution in [0.25, 0.3) is 0 Å². The van der Waals surface area contributed by atoms with Gasteiger partial charge in [-0.3, -0.25) is 4.79 Å². The number of benzene rings is 1. The summed E-state index contributed by atoms with van der Waals surface area (Å²) in [5.74, 6) is -0.308. The van der Waals surface area contributed by atoms with Gasteiger partial charge < -0.3 is 29.4 Å². The van der Waals surface area contributed by atoms with E-state index in [2.05, 4.69) is 10.3 Å². The second kappa shape index (κ2) is 9.88. The van der Waals surface area contributed by atoms with E-state index in [9.17, 15) is 14.7 Å². The number of methoxy groups -OCH3 is 1. The minimum atomic E-state index is -1.32. The van der Waals surface area contributed by atoms with Crippen molar-refractivity contribution < 1.29 is 28.9 Å². The summed E-state index contributed by atoms with van der Waals surface area (Å²) in [7, 11) is 1.36. The number of amides is 1. The molecule has 3 atom stereocenters. The maximum atomic E-state index is 12.5. The van der Waals surface area contributed by atoms with Crippen LogP contribution in [-0.2, 0) is 9.53 Å². The molecule has 0 aliphatic heterocycles. The molecular formula is C21H26N2O6. The minimum Gasteiger partial charge on any atom is -0.503 e. The quantitative estimate of drug-likeness (QED) is 0.588. The van der Waals surface area contributed by atoms with Crippen molar-refractivity contribution in [2.45, 2.75) is 38.5 Å². The molecule has 0 fully saturated rings. The van der Waals surface area contributed by atoms with Gasteiger partial charge in [0.25, 0.3) is 5.91 Å². The molecule has 156 valence electrons. The molecule has 0 spiro atoms. The van der Waals surface area contributed by atoms with E-state index in [1.54, 1.807) is 0 Å². The van der Waals surface area contributed by atoms with Gasteiger partial charge in [0.1, 0.15) is 23.7 Å². The highest BCUT2D eigenvalue weighted by molar-refractivity contribution is 5.97. The highest BCUT2D eigenvalue weighted by Crippen LogP contribution is 2.27. The Labute approximate surface area is 169 Å². The number of aldehydes is 1. The molecule has 0 aliphatic rings. The number of pyridine rings is 1. The van der Waals surface area contributed by atoms with Gasteiger partial charge in [0, 0.05) is 12.3 Å². The molecule has 0 bridgehead atoms. The van der Waals surface area contributed by atoms with Crippen LogP contribution in [0.5, 0.6) is 17.2 Å². The van der Waals surface area contributed by atoms with Crippen molar-refractivity contribution in [3.63, 3.8) is 0 Å². The first-order valence-corrected chi connectivity index (χ1v) is 9.13. The Morgan fingerprint density at radius 2 is 1.93 bits per heavy atom. The monoisotopic (exact) mass is 402 g/mol. The van der Waals surface area contributed by atoms with Gasteiger partial charge in [0.15, 0.2) is 17.2 Å². The highest BCUT2D eigenvalue weighted by atomic mass is 16.5. The Morgan fingerprint density at radius 1 is 1.24 bits per heavy atom. The highest BCUT2D eigenvalue weighted by Gasteiger charge is 2.30. The summed E-state index contributed by atoms with van der Waals surface area (Å²) < 4.78 is 16.5. The van der Waals surface area contributed by atoms with E-state index in [0.717, 1.165) is 0 Å². The van der Waals surface area contributed by atoms with Gasteiger partial charge in [-0.15, -0.1) is 0 Å². The summed E-state index contributed by atoms with van der Waals surface area (Å²) in [6.07, 6.45) is 1.27. The number of aromatic hydroxyl groups is 1. The van der Waals surface area contributed by atoms with Crippen LogP contribution in [0, 0.1) is 0 Å². The van der Waals surface area contributed by atoms with E-state index >= 15 is 0 Å². The molecule has 2 rings (SSSR count). The molecule has 0 aliphatic carbocycles. The van der Waals surface area contributed by atoms with Crippen LogP contribution >= 0.6 is 0 Å². The van der Waals surface area contributed by atoms with Crippen molar-refractivity contribution in [2.75, 3.05) is 13.7 Å². The summed E-state index contributed by atoms with van der Waals surface area (Å²) in [5, 5.41) is 12.6. The van der Waals surface area contributed by atoms with Crippen molar-refractivity contribution in [3.8, 4) is 17.2 Å². The zero-order valence-electron chi connectivity index (χ0n) is 16.9.